The number of carbonyl (C=O) groups excluding carboxylic acids is 1. The molecule has 0 saturated heterocycles. The van der Waals surface area contributed by atoms with Crippen LogP contribution in [0.15, 0.2) is 24.3 Å². The maximum Gasteiger partial charge on any atom is 0.422 e. The van der Waals surface area contributed by atoms with Gasteiger partial charge in [-0.3, -0.25) is 4.31 Å². The fourth-order valence-corrected chi connectivity index (χ4v) is 2.11. The van der Waals surface area contributed by atoms with Crippen molar-refractivity contribution in [3.8, 4) is 6.07 Å². The van der Waals surface area contributed by atoms with Crippen LogP contribution in [-0.4, -0.2) is 27.7 Å². The van der Waals surface area contributed by atoms with Crippen molar-refractivity contribution in [2.75, 3.05) is 11.4 Å². The van der Waals surface area contributed by atoms with E-state index in [2.05, 4.69) is 0 Å². The Hall–Kier alpha value is -2.27. The number of hydrogen-bond donors (Lipinski definition) is 1. The molecule has 0 aliphatic rings. The van der Waals surface area contributed by atoms with Gasteiger partial charge in [-0.05, 0) is 32.0 Å². The highest BCUT2D eigenvalue weighted by Gasteiger charge is 2.22. The molecule has 0 fully saturated rings. The molecule has 1 aromatic carbocycles. The molecule has 0 aliphatic heterocycles. The van der Waals surface area contributed by atoms with Crippen LogP contribution in [-0.2, 0) is 14.9 Å². The minimum atomic E-state index is -4.08. The van der Waals surface area contributed by atoms with Gasteiger partial charge in [-0.25, -0.2) is 9.52 Å². The summed E-state index contributed by atoms with van der Waals surface area (Å²) in [5.41, 5.74) is 0.572. The molecule has 0 aliphatic carbocycles. The third-order valence-corrected chi connectivity index (χ3v) is 3.61. The summed E-state index contributed by atoms with van der Waals surface area (Å²) in [6.07, 6.45) is -1.49. The van der Waals surface area contributed by atoms with Crippen molar-refractivity contribution in [2.24, 2.45) is 0 Å². The van der Waals surface area contributed by atoms with Crippen molar-refractivity contribution in [3.63, 3.8) is 0 Å². The first-order chi connectivity index (χ1) is 9.26. The van der Waals surface area contributed by atoms with Crippen LogP contribution in [0.25, 0.3) is 0 Å². The van der Waals surface area contributed by atoms with Crippen LogP contribution in [0.5, 0.6) is 0 Å². The van der Waals surface area contributed by atoms with E-state index in [0.717, 1.165) is 4.31 Å². The molecule has 0 bridgehead atoms. The maximum atomic E-state index is 12.0. The SMILES string of the molecule is CC(C)OC(=O)NS(=O)(=O)N(C)c1cccc(C#N)c1. The van der Waals surface area contributed by atoms with E-state index in [0.29, 0.717) is 5.56 Å². The van der Waals surface area contributed by atoms with Crippen LogP contribution in [0.2, 0.25) is 0 Å². The number of amides is 1. The first-order valence-corrected chi connectivity index (χ1v) is 7.17. The molecule has 1 aromatic rings. The van der Waals surface area contributed by atoms with E-state index in [-0.39, 0.29) is 5.69 Å². The molecule has 0 radical (unpaired) electrons. The molecule has 20 heavy (non-hydrogen) atoms. The van der Waals surface area contributed by atoms with Gasteiger partial charge in [0.15, 0.2) is 0 Å². The molecule has 1 amide bonds. The highest BCUT2D eigenvalue weighted by atomic mass is 32.2. The van der Waals surface area contributed by atoms with E-state index in [1.165, 1.54) is 19.2 Å². The maximum absolute atomic E-state index is 12.0. The number of nitrogens with one attached hydrogen (secondary N) is 1. The summed E-state index contributed by atoms with van der Waals surface area (Å²) in [5, 5.41) is 8.78. The molecule has 7 nitrogen and oxygen atoms in total. The Labute approximate surface area is 117 Å². The Morgan fingerprint density at radius 3 is 2.65 bits per heavy atom. The van der Waals surface area contributed by atoms with Crippen molar-refractivity contribution < 1.29 is 17.9 Å². The summed E-state index contributed by atoms with van der Waals surface area (Å²) in [7, 11) is -2.82. The second-order valence-electron chi connectivity index (χ2n) is 4.19. The number of nitrogens with zero attached hydrogens (tertiary/aromatic N) is 2. The largest absolute Gasteiger partial charge is 0.446 e. The molecule has 1 rings (SSSR count). The Morgan fingerprint density at radius 2 is 2.10 bits per heavy atom. The van der Waals surface area contributed by atoms with Crippen LogP contribution in [0.4, 0.5) is 10.5 Å². The minimum absolute atomic E-state index is 0.258. The first-order valence-electron chi connectivity index (χ1n) is 5.73. The quantitative estimate of drug-likeness (QED) is 0.904. The van der Waals surface area contributed by atoms with Crippen LogP contribution in [0.3, 0.4) is 0 Å². The molecule has 0 aromatic heterocycles. The molecule has 0 saturated carbocycles. The van der Waals surface area contributed by atoms with Gasteiger partial charge >= 0.3 is 16.3 Å². The molecule has 8 heteroatoms. The minimum Gasteiger partial charge on any atom is -0.446 e. The Kier molecular flexibility index (Phi) is 4.94. The standard InChI is InChI=1S/C12H15N3O4S/c1-9(2)19-12(16)14-20(17,18)15(3)11-6-4-5-10(7-11)8-13/h4-7,9H,1-3H3,(H,14,16). The van der Waals surface area contributed by atoms with Gasteiger partial charge in [0, 0.05) is 7.05 Å². The highest BCUT2D eigenvalue weighted by Crippen LogP contribution is 2.16. The summed E-state index contributed by atoms with van der Waals surface area (Å²) in [4.78, 5) is 11.3. The van der Waals surface area contributed by atoms with Crippen molar-refractivity contribution in [1.29, 1.82) is 5.26 Å². The Bertz CT molecular complexity index is 634. The highest BCUT2D eigenvalue weighted by molar-refractivity contribution is 7.91. The smallest absolute Gasteiger partial charge is 0.422 e. The van der Waals surface area contributed by atoms with Crippen molar-refractivity contribution >= 4 is 22.0 Å². The first kappa shape index (κ1) is 15.8. The lowest BCUT2D eigenvalue weighted by Crippen LogP contribution is -2.42. The van der Waals surface area contributed by atoms with E-state index in [9.17, 15) is 13.2 Å². The predicted octanol–water partition coefficient (Wildman–Crippen LogP) is 1.37. The van der Waals surface area contributed by atoms with E-state index < -0.39 is 22.4 Å². The van der Waals surface area contributed by atoms with Gasteiger partial charge in [0.2, 0.25) is 0 Å². The van der Waals surface area contributed by atoms with Crippen LogP contribution < -0.4 is 9.03 Å². The summed E-state index contributed by atoms with van der Waals surface area (Å²) in [5.74, 6) is 0. The zero-order valence-electron chi connectivity index (χ0n) is 11.3. The molecule has 0 atom stereocenters. The van der Waals surface area contributed by atoms with Crippen molar-refractivity contribution in [3.05, 3.63) is 29.8 Å². The van der Waals surface area contributed by atoms with E-state index >= 15 is 0 Å². The van der Waals surface area contributed by atoms with E-state index in [4.69, 9.17) is 10.00 Å². The number of carbonyl (C=O) groups is 1. The number of hydrogen-bond acceptors (Lipinski definition) is 5. The van der Waals surface area contributed by atoms with Gasteiger partial charge in [0.25, 0.3) is 0 Å². The van der Waals surface area contributed by atoms with Crippen LogP contribution in [0, 0.1) is 11.3 Å². The zero-order chi connectivity index (χ0) is 15.3. The van der Waals surface area contributed by atoms with Crippen LogP contribution in [0.1, 0.15) is 19.4 Å². The third kappa shape index (κ3) is 4.13. The zero-order valence-corrected chi connectivity index (χ0v) is 12.1. The topological polar surface area (TPSA) is 99.5 Å². The number of anilines is 1. The monoisotopic (exact) mass is 297 g/mol. The van der Waals surface area contributed by atoms with Crippen molar-refractivity contribution in [2.45, 2.75) is 20.0 Å². The normalized spacial score (nSPS) is 10.8. The van der Waals surface area contributed by atoms with Gasteiger partial charge in [-0.2, -0.15) is 13.7 Å². The van der Waals surface area contributed by atoms with Gasteiger partial charge in [0.1, 0.15) is 0 Å². The lowest BCUT2D eigenvalue weighted by atomic mass is 10.2. The summed E-state index contributed by atoms with van der Waals surface area (Å²) in [6, 6.07) is 7.90. The second-order valence-corrected chi connectivity index (χ2v) is 5.89. The number of rotatable bonds is 4. The summed E-state index contributed by atoms with van der Waals surface area (Å²) >= 11 is 0. The summed E-state index contributed by atoms with van der Waals surface area (Å²) in [6.45, 7) is 3.21. The lowest BCUT2D eigenvalue weighted by Gasteiger charge is -2.20. The molecular formula is C12H15N3O4S. The van der Waals surface area contributed by atoms with E-state index in [1.54, 1.807) is 30.7 Å². The van der Waals surface area contributed by atoms with Gasteiger partial charge in [-0.15, -0.1) is 0 Å². The molecule has 0 unspecified atom stereocenters. The molecule has 1 N–H and O–H groups in total. The molecule has 0 heterocycles. The van der Waals surface area contributed by atoms with Gasteiger partial charge in [0.05, 0.1) is 23.4 Å². The summed E-state index contributed by atoms with van der Waals surface area (Å²) < 4.78 is 31.2. The molecule has 0 spiro atoms. The lowest BCUT2D eigenvalue weighted by molar-refractivity contribution is 0.121. The van der Waals surface area contributed by atoms with E-state index in [1.807, 2.05) is 6.07 Å². The van der Waals surface area contributed by atoms with Gasteiger partial charge in [-0.1, -0.05) is 6.07 Å². The predicted molar refractivity (Wildman–Crippen MR) is 73.2 cm³/mol. The van der Waals surface area contributed by atoms with Crippen molar-refractivity contribution in [1.82, 2.24) is 4.72 Å². The number of nitriles is 1. The fraction of sp³-hybridized carbons (Fsp3) is 0.333. The molecular weight excluding hydrogens is 282 g/mol. The van der Waals surface area contributed by atoms with Gasteiger partial charge < -0.3 is 4.74 Å². The average molecular weight is 297 g/mol. The second kappa shape index (κ2) is 6.25. The Balaban J connectivity index is 2.92. The fourth-order valence-electron chi connectivity index (χ4n) is 1.32. The van der Waals surface area contributed by atoms with Crippen LogP contribution >= 0.6 is 0 Å². The average Bonchev–Trinajstić information content (AvgIpc) is 2.36. The Morgan fingerprint density at radius 1 is 1.45 bits per heavy atom. The number of benzene rings is 1. The number of ether oxygens (including phenoxy) is 1. The molecule has 108 valence electrons. The third-order valence-electron chi connectivity index (χ3n) is 2.25.